The first-order valence-electron chi connectivity index (χ1n) is 5.79. The number of hydrogen-bond donors (Lipinski definition) is 1. The van der Waals surface area contributed by atoms with Crippen LogP contribution in [-0.4, -0.2) is 29.7 Å². The van der Waals surface area contributed by atoms with Gasteiger partial charge in [-0.3, -0.25) is 0 Å². The lowest BCUT2D eigenvalue weighted by Crippen LogP contribution is -2.40. The van der Waals surface area contributed by atoms with Crippen LogP contribution in [-0.2, 0) is 20.0 Å². The van der Waals surface area contributed by atoms with Crippen molar-refractivity contribution in [3.63, 3.8) is 0 Å². The molecule has 92 valence electrons. The van der Waals surface area contributed by atoms with E-state index in [2.05, 4.69) is 0 Å². The number of rotatable bonds is 1. The number of hydrogen-bond acceptors (Lipinski definition) is 4. The molecule has 0 aromatic heterocycles. The predicted molar refractivity (Wildman–Crippen MR) is 60.1 cm³/mol. The van der Waals surface area contributed by atoms with Crippen LogP contribution in [0.1, 0.15) is 19.4 Å². The van der Waals surface area contributed by atoms with E-state index in [1.165, 1.54) is 0 Å². The summed E-state index contributed by atoms with van der Waals surface area (Å²) in [6.45, 7) is 4.03. The molecule has 0 radical (unpaired) electrons. The van der Waals surface area contributed by atoms with Crippen molar-refractivity contribution in [1.82, 2.24) is 0 Å². The molecule has 4 heteroatoms. The van der Waals surface area contributed by atoms with E-state index in [1.54, 1.807) is 0 Å². The minimum absolute atomic E-state index is 0.213. The fraction of sp³-hybridized carbons (Fsp3) is 0.538. The smallest absolute Gasteiger partial charge is 0.222 e. The third-order valence-electron chi connectivity index (χ3n) is 3.22. The molecule has 0 bridgehead atoms. The van der Waals surface area contributed by atoms with Gasteiger partial charge in [0.1, 0.15) is 12.2 Å². The summed E-state index contributed by atoms with van der Waals surface area (Å²) in [6.07, 6.45) is -0.685. The lowest BCUT2D eigenvalue weighted by Gasteiger charge is -2.29. The third-order valence-corrected chi connectivity index (χ3v) is 3.22. The SMILES string of the molecule is CC1(C)O[C@@H]2[C@@H](CO[C@]2(O)c2ccccc2)O1. The van der Waals surface area contributed by atoms with E-state index in [4.69, 9.17) is 14.2 Å². The Morgan fingerprint density at radius 1 is 1.18 bits per heavy atom. The summed E-state index contributed by atoms with van der Waals surface area (Å²) >= 11 is 0. The molecule has 2 saturated heterocycles. The van der Waals surface area contributed by atoms with E-state index in [0.717, 1.165) is 0 Å². The van der Waals surface area contributed by atoms with Crippen molar-refractivity contribution in [2.24, 2.45) is 0 Å². The highest BCUT2D eigenvalue weighted by molar-refractivity contribution is 5.23. The van der Waals surface area contributed by atoms with Crippen molar-refractivity contribution < 1.29 is 19.3 Å². The number of aliphatic hydroxyl groups is 1. The first-order chi connectivity index (χ1) is 8.01. The molecule has 1 aromatic carbocycles. The molecule has 2 aliphatic rings. The Bertz CT molecular complexity index is 417. The van der Waals surface area contributed by atoms with E-state index in [9.17, 15) is 5.11 Å². The Balaban J connectivity index is 1.95. The molecule has 0 amide bonds. The Labute approximate surface area is 100 Å². The zero-order chi connectivity index (χ0) is 12.1. The average molecular weight is 236 g/mol. The van der Waals surface area contributed by atoms with Gasteiger partial charge in [-0.25, -0.2) is 0 Å². The van der Waals surface area contributed by atoms with Gasteiger partial charge in [-0.05, 0) is 13.8 Å². The highest BCUT2D eigenvalue weighted by atomic mass is 16.8. The Morgan fingerprint density at radius 2 is 1.88 bits per heavy atom. The van der Waals surface area contributed by atoms with Gasteiger partial charge in [0, 0.05) is 5.56 Å². The summed E-state index contributed by atoms with van der Waals surface area (Å²) in [5, 5.41) is 10.6. The van der Waals surface area contributed by atoms with Gasteiger partial charge >= 0.3 is 0 Å². The van der Waals surface area contributed by atoms with Gasteiger partial charge < -0.3 is 19.3 Å². The first-order valence-corrected chi connectivity index (χ1v) is 5.79. The Hall–Kier alpha value is -0.940. The summed E-state index contributed by atoms with van der Waals surface area (Å²) in [5.41, 5.74) is 0.703. The molecule has 17 heavy (non-hydrogen) atoms. The van der Waals surface area contributed by atoms with E-state index in [0.29, 0.717) is 12.2 Å². The molecule has 0 saturated carbocycles. The van der Waals surface area contributed by atoms with Crippen LogP contribution in [0.4, 0.5) is 0 Å². The Morgan fingerprint density at radius 3 is 2.59 bits per heavy atom. The molecular weight excluding hydrogens is 220 g/mol. The first kappa shape index (κ1) is 11.2. The van der Waals surface area contributed by atoms with Gasteiger partial charge in [0.15, 0.2) is 5.79 Å². The van der Waals surface area contributed by atoms with E-state index in [1.807, 2.05) is 44.2 Å². The summed E-state index contributed by atoms with van der Waals surface area (Å²) in [5.74, 6) is -2.07. The van der Waals surface area contributed by atoms with Gasteiger partial charge in [-0.1, -0.05) is 30.3 Å². The number of ether oxygens (including phenoxy) is 3. The summed E-state index contributed by atoms with van der Waals surface area (Å²) in [4.78, 5) is 0. The zero-order valence-corrected chi connectivity index (χ0v) is 9.92. The highest BCUT2D eigenvalue weighted by Gasteiger charge is 2.58. The monoisotopic (exact) mass is 236 g/mol. The van der Waals surface area contributed by atoms with Crippen LogP contribution in [0.3, 0.4) is 0 Å². The number of benzene rings is 1. The fourth-order valence-electron chi connectivity index (χ4n) is 2.50. The number of fused-ring (bicyclic) bond motifs is 1. The molecule has 2 aliphatic heterocycles. The van der Waals surface area contributed by atoms with Crippen LogP contribution in [0.5, 0.6) is 0 Å². The van der Waals surface area contributed by atoms with Crippen molar-refractivity contribution in [2.45, 2.75) is 37.6 Å². The van der Waals surface area contributed by atoms with Gasteiger partial charge in [0.25, 0.3) is 0 Å². The zero-order valence-electron chi connectivity index (χ0n) is 9.92. The topological polar surface area (TPSA) is 47.9 Å². The second-order valence-corrected chi connectivity index (χ2v) is 4.97. The molecule has 3 rings (SSSR count). The molecule has 0 spiro atoms. The summed E-state index contributed by atoms with van der Waals surface area (Å²) in [6, 6.07) is 9.29. The lowest BCUT2D eigenvalue weighted by atomic mass is 9.99. The predicted octanol–water partition coefficient (Wildman–Crippen LogP) is 1.38. The molecule has 2 heterocycles. The quantitative estimate of drug-likeness (QED) is 0.800. The molecular formula is C13H16O4. The van der Waals surface area contributed by atoms with E-state index < -0.39 is 17.7 Å². The molecule has 3 atom stereocenters. The maximum Gasteiger partial charge on any atom is 0.222 e. The third kappa shape index (κ3) is 1.68. The minimum atomic E-state index is -1.40. The Kier molecular flexibility index (Phi) is 2.32. The van der Waals surface area contributed by atoms with Crippen LogP contribution < -0.4 is 0 Å². The molecule has 0 aliphatic carbocycles. The highest BCUT2D eigenvalue weighted by Crippen LogP contribution is 2.44. The van der Waals surface area contributed by atoms with Crippen molar-refractivity contribution in [3.8, 4) is 0 Å². The molecule has 1 aromatic rings. The van der Waals surface area contributed by atoms with Crippen molar-refractivity contribution >= 4 is 0 Å². The molecule has 1 N–H and O–H groups in total. The van der Waals surface area contributed by atoms with Crippen molar-refractivity contribution in [2.75, 3.05) is 6.61 Å². The average Bonchev–Trinajstić information content (AvgIpc) is 2.77. The summed E-state index contributed by atoms with van der Waals surface area (Å²) in [7, 11) is 0. The second kappa shape index (κ2) is 3.53. The summed E-state index contributed by atoms with van der Waals surface area (Å²) < 4.78 is 16.9. The van der Waals surface area contributed by atoms with Crippen LogP contribution in [0.25, 0.3) is 0 Å². The van der Waals surface area contributed by atoms with Gasteiger partial charge in [-0.15, -0.1) is 0 Å². The minimum Gasteiger partial charge on any atom is -0.360 e. The van der Waals surface area contributed by atoms with Gasteiger partial charge in [0.05, 0.1) is 6.61 Å². The van der Waals surface area contributed by atoms with Crippen LogP contribution in [0.2, 0.25) is 0 Å². The lowest BCUT2D eigenvalue weighted by molar-refractivity contribution is -0.266. The van der Waals surface area contributed by atoms with Crippen LogP contribution in [0.15, 0.2) is 30.3 Å². The molecule has 0 unspecified atom stereocenters. The van der Waals surface area contributed by atoms with Crippen LogP contribution >= 0.6 is 0 Å². The normalized spacial score (nSPS) is 39.2. The largest absolute Gasteiger partial charge is 0.360 e. The fourth-order valence-corrected chi connectivity index (χ4v) is 2.50. The van der Waals surface area contributed by atoms with Gasteiger partial charge in [-0.2, -0.15) is 0 Å². The maximum atomic E-state index is 10.6. The van der Waals surface area contributed by atoms with Crippen molar-refractivity contribution in [3.05, 3.63) is 35.9 Å². The maximum absolute atomic E-state index is 10.6. The van der Waals surface area contributed by atoms with Crippen LogP contribution in [0, 0.1) is 0 Å². The van der Waals surface area contributed by atoms with E-state index in [-0.39, 0.29) is 6.10 Å². The molecule has 4 nitrogen and oxygen atoms in total. The standard InChI is InChI=1S/C13H16O4/c1-12(2)16-10-8-15-13(14,11(10)17-12)9-6-4-3-5-7-9/h3-7,10-11,14H,8H2,1-2H3/t10-,11-,13-/m1/s1. The van der Waals surface area contributed by atoms with E-state index >= 15 is 0 Å². The second-order valence-electron chi connectivity index (χ2n) is 4.97. The van der Waals surface area contributed by atoms with Crippen molar-refractivity contribution in [1.29, 1.82) is 0 Å². The molecule has 2 fully saturated rings. The van der Waals surface area contributed by atoms with Gasteiger partial charge in [0.2, 0.25) is 5.79 Å².